The van der Waals surface area contributed by atoms with Gasteiger partial charge in [0.05, 0.1) is 12.7 Å². The van der Waals surface area contributed by atoms with E-state index in [0.717, 1.165) is 14.5 Å². The first-order valence-corrected chi connectivity index (χ1v) is 7.30. The molecule has 0 saturated heterocycles. The van der Waals surface area contributed by atoms with Crippen molar-refractivity contribution in [2.45, 2.75) is 6.42 Å². The van der Waals surface area contributed by atoms with Gasteiger partial charge in [0.1, 0.15) is 5.75 Å². The molecule has 0 atom stereocenters. The highest BCUT2D eigenvalue weighted by Crippen LogP contribution is 2.24. The summed E-state index contributed by atoms with van der Waals surface area (Å²) in [5.41, 5.74) is 1.57. The first kappa shape index (κ1) is 14.3. The van der Waals surface area contributed by atoms with Crippen LogP contribution in [-0.4, -0.2) is 12.9 Å². The molecule has 0 heterocycles. The molecule has 2 aromatic carbocycles. The fourth-order valence-corrected chi connectivity index (χ4v) is 2.63. The molecule has 0 amide bonds. The summed E-state index contributed by atoms with van der Waals surface area (Å²) in [5.74, 6) is 0.638. The van der Waals surface area contributed by atoms with Crippen molar-refractivity contribution >= 4 is 37.6 Å². The third-order valence-electron chi connectivity index (χ3n) is 2.72. The number of benzene rings is 2. The number of hydrogen-bond donors (Lipinski definition) is 0. The van der Waals surface area contributed by atoms with Crippen LogP contribution in [-0.2, 0) is 6.42 Å². The molecule has 0 aliphatic heterocycles. The Labute approximate surface area is 129 Å². The lowest BCUT2D eigenvalue weighted by molar-refractivity contribution is 0.0990. The highest BCUT2D eigenvalue weighted by atomic mass is 79.9. The summed E-state index contributed by atoms with van der Waals surface area (Å²) in [6, 6.07) is 13.2. The van der Waals surface area contributed by atoms with Crippen LogP contribution in [0.15, 0.2) is 51.4 Å². The largest absolute Gasteiger partial charge is 0.496 e. The Morgan fingerprint density at radius 2 is 1.84 bits per heavy atom. The topological polar surface area (TPSA) is 26.3 Å². The number of halogens is 2. The van der Waals surface area contributed by atoms with Crippen molar-refractivity contribution < 1.29 is 9.53 Å². The molecule has 2 aromatic rings. The number of rotatable bonds is 4. The maximum atomic E-state index is 12.3. The molecule has 4 heteroatoms. The Bertz CT molecular complexity index is 609. The van der Waals surface area contributed by atoms with E-state index >= 15 is 0 Å². The van der Waals surface area contributed by atoms with E-state index in [0.29, 0.717) is 17.7 Å². The Morgan fingerprint density at radius 3 is 2.53 bits per heavy atom. The fourth-order valence-electron chi connectivity index (χ4n) is 1.83. The lowest BCUT2D eigenvalue weighted by atomic mass is 10.0. The predicted octanol–water partition coefficient (Wildman–Crippen LogP) is 4.65. The third kappa shape index (κ3) is 3.67. The van der Waals surface area contributed by atoms with Gasteiger partial charge in [-0.15, -0.1) is 0 Å². The van der Waals surface area contributed by atoms with Gasteiger partial charge in [0.15, 0.2) is 5.78 Å². The molecule has 0 unspecified atom stereocenters. The second-order valence-corrected chi connectivity index (χ2v) is 5.91. The zero-order valence-corrected chi connectivity index (χ0v) is 13.5. The van der Waals surface area contributed by atoms with Gasteiger partial charge in [-0.1, -0.05) is 44.0 Å². The van der Waals surface area contributed by atoms with Crippen molar-refractivity contribution in [2.75, 3.05) is 7.11 Å². The van der Waals surface area contributed by atoms with Gasteiger partial charge in [-0.3, -0.25) is 4.79 Å². The molecule has 0 aromatic heterocycles. The lowest BCUT2D eigenvalue weighted by Crippen LogP contribution is -2.06. The summed E-state index contributed by atoms with van der Waals surface area (Å²) in [4.78, 5) is 12.3. The van der Waals surface area contributed by atoms with E-state index in [1.165, 1.54) is 0 Å². The number of methoxy groups -OCH3 is 1. The minimum Gasteiger partial charge on any atom is -0.496 e. The van der Waals surface area contributed by atoms with Crippen molar-refractivity contribution in [2.24, 2.45) is 0 Å². The Morgan fingerprint density at radius 1 is 1.11 bits per heavy atom. The number of hydrogen-bond acceptors (Lipinski definition) is 2. The van der Waals surface area contributed by atoms with Crippen LogP contribution in [0, 0.1) is 0 Å². The first-order valence-electron chi connectivity index (χ1n) is 5.71. The quantitative estimate of drug-likeness (QED) is 0.718. The van der Waals surface area contributed by atoms with Crippen molar-refractivity contribution in [1.29, 1.82) is 0 Å². The molecule has 0 aliphatic rings. The normalized spacial score (nSPS) is 10.3. The van der Waals surface area contributed by atoms with Gasteiger partial charge in [0, 0.05) is 15.4 Å². The van der Waals surface area contributed by atoms with Gasteiger partial charge in [-0.2, -0.15) is 0 Å². The molecule has 0 aliphatic carbocycles. The number of carbonyl (C=O) groups excluding carboxylic acids is 1. The van der Waals surface area contributed by atoms with Crippen LogP contribution in [0.4, 0.5) is 0 Å². The maximum absolute atomic E-state index is 12.3. The van der Waals surface area contributed by atoms with Crippen LogP contribution in [0.3, 0.4) is 0 Å². The Kier molecular flexibility index (Phi) is 4.77. The molecule has 98 valence electrons. The average molecular weight is 384 g/mol. The average Bonchev–Trinajstić information content (AvgIpc) is 2.38. The van der Waals surface area contributed by atoms with Crippen molar-refractivity contribution in [3.05, 3.63) is 62.5 Å². The van der Waals surface area contributed by atoms with Crippen LogP contribution in [0.25, 0.3) is 0 Å². The molecule has 0 radical (unpaired) electrons. The van der Waals surface area contributed by atoms with Crippen molar-refractivity contribution in [3.8, 4) is 5.75 Å². The predicted molar refractivity (Wildman–Crippen MR) is 82.9 cm³/mol. The molecule has 0 N–H and O–H groups in total. The van der Waals surface area contributed by atoms with E-state index in [1.807, 2.05) is 30.3 Å². The van der Waals surface area contributed by atoms with E-state index < -0.39 is 0 Å². The molecule has 0 fully saturated rings. The van der Waals surface area contributed by atoms with Gasteiger partial charge < -0.3 is 4.74 Å². The van der Waals surface area contributed by atoms with Gasteiger partial charge in [-0.25, -0.2) is 0 Å². The fraction of sp³-hybridized carbons (Fsp3) is 0.133. The smallest absolute Gasteiger partial charge is 0.170 e. The highest BCUT2D eigenvalue weighted by molar-refractivity contribution is 9.10. The number of ether oxygens (including phenoxy) is 1. The number of Topliss-reactive ketones (excluding diaryl/α,β-unsaturated/α-hetero) is 1. The zero-order chi connectivity index (χ0) is 13.8. The van der Waals surface area contributed by atoms with Gasteiger partial charge in [-0.05, 0) is 35.9 Å². The second-order valence-electron chi connectivity index (χ2n) is 4.07. The monoisotopic (exact) mass is 382 g/mol. The molecule has 2 nitrogen and oxygen atoms in total. The van der Waals surface area contributed by atoms with Crippen molar-refractivity contribution in [1.82, 2.24) is 0 Å². The summed E-state index contributed by atoms with van der Waals surface area (Å²) in [6.45, 7) is 0. The Balaban J connectivity index is 2.27. The zero-order valence-electron chi connectivity index (χ0n) is 10.3. The van der Waals surface area contributed by atoms with E-state index in [2.05, 4.69) is 31.9 Å². The molecular weight excluding hydrogens is 372 g/mol. The molecule has 0 saturated carbocycles. The van der Waals surface area contributed by atoms with Crippen LogP contribution in [0.5, 0.6) is 5.75 Å². The minimum absolute atomic E-state index is 0.0382. The summed E-state index contributed by atoms with van der Waals surface area (Å²) >= 11 is 6.78. The Hall–Kier alpha value is -1.13. The summed E-state index contributed by atoms with van der Waals surface area (Å²) in [5, 5.41) is 0. The van der Waals surface area contributed by atoms with Crippen molar-refractivity contribution in [3.63, 3.8) is 0 Å². The number of carbonyl (C=O) groups is 1. The van der Waals surface area contributed by atoms with E-state index in [9.17, 15) is 4.79 Å². The van der Waals surface area contributed by atoms with Gasteiger partial charge in [0.2, 0.25) is 0 Å². The molecule has 0 bridgehead atoms. The SMILES string of the molecule is COc1ccc(Br)cc1C(=O)Cc1cccc(Br)c1. The first-order chi connectivity index (χ1) is 9.10. The van der Waals surface area contributed by atoms with Gasteiger partial charge >= 0.3 is 0 Å². The third-order valence-corrected chi connectivity index (χ3v) is 3.70. The molecule has 19 heavy (non-hydrogen) atoms. The highest BCUT2D eigenvalue weighted by Gasteiger charge is 2.13. The van der Waals surface area contributed by atoms with Crippen LogP contribution in [0.1, 0.15) is 15.9 Å². The number of ketones is 1. The summed E-state index contributed by atoms with van der Waals surface area (Å²) < 4.78 is 7.07. The van der Waals surface area contributed by atoms with Crippen LogP contribution < -0.4 is 4.74 Å². The summed E-state index contributed by atoms with van der Waals surface area (Å²) in [6.07, 6.45) is 0.353. The van der Waals surface area contributed by atoms with Crippen LogP contribution in [0.2, 0.25) is 0 Å². The van der Waals surface area contributed by atoms with Crippen LogP contribution >= 0.6 is 31.9 Å². The standard InChI is InChI=1S/C15H12Br2O2/c1-19-15-6-5-12(17)9-13(15)14(18)8-10-3-2-4-11(16)7-10/h2-7,9H,8H2,1H3. The summed E-state index contributed by atoms with van der Waals surface area (Å²) in [7, 11) is 1.57. The molecular formula is C15H12Br2O2. The minimum atomic E-state index is 0.0382. The lowest BCUT2D eigenvalue weighted by Gasteiger charge is -2.08. The van der Waals surface area contributed by atoms with E-state index in [-0.39, 0.29) is 5.78 Å². The van der Waals surface area contributed by atoms with Gasteiger partial charge in [0.25, 0.3) is 0 Å². The molecule has 2 rings (SSSR count). The maximum Gasteiger partial charge on any atom is 0.170 e. The van der Waals surface area contributed by atoms with E-state index in [4.69, 9.17) is 4.74 Å². The second kappa shape index (κ2) is 6.35. The molecule has 0 spiro atoms. The van der Waals surface area contributed by atoms with E-state index in [1.54, 1.807) is 19.2 Å².